The molecule has 3 nitrogen and oxygen atoms in total. The second-order valence-electron chi connectivity index (χ2n) is 5.59. The summed E-state index contributed by atoms with van der Waals surface area (Å²) in [5.41, 5.74) is 8.39. The number of benzene rings is 2. The predicted molar refractivity (Wildman–Crippen MR) is 83.6 cm³/mol. The standard InChI is InChI=1S/C18H20N2O/c19-16-11-12-20(13-14-7-3-1-4-8-14)18(21)17(16)15-9-5-2-6-10-15/h1-10,16-17H,11-13,19H2. The van der Waals surface area contributed by atoms with Crippen LogP contribution in [0.3, 0.4) is 0 Å². The molecule has 2 aromatic carbocycles. The Balaban J connectivity index is 1.80. The van der Waals surface area contributed by atoms with Crippen LogP contribution in [-0.4, -0.2) is 23.4 Å². The molecule has 0 radical (unpaired) electrons. The molecule has 1 fully saturated rings. The maximum atomic E-state index is 12.8. The Morgan fingerprint density at radius 2 is 1.62 bits per heavy atom. The van der Waals surface area contributed by atoms with Gasteiger partial charge in [0.15, 0.2) is 0 Å². The van der Waals surface area contributed by atoms with Crippen molar-refractivity contribution in [2.75, 3.05) is 6.54 Å². The van der Waals surface area contributed by atoms with E-state index in [1.54, 1.807) is 0 Å². The van der Waals surface area contributed by atoms with E-state index in [0.717, 1.165) is 24.1 Å². The fraction of sp³-hybridized carbons (Fsp3) is 0.278. The number of piperidine rings is 1. The molecule has 1 aliphatic heterocycles. The molecule has 1 aliphatic rings. The van der Waals surface area contributed by atoms with Crippen molar-refractivity contribution in [2.45, 2.75) is 24.9 Å². The lowest BCUT2D eigenvalue weighted by Crippen LogP contribution is -2.49. The van der Waals surface area contributed by atoms with Gasteiger partial charge in [-0.2, -0.15) is 0 Å². The highest BCUT2D eigenvalue weighted by Gasteiger charge is 2.35. The first kappa shape index (κ1) is 13.8. The molecule has 1 heterocycles. The van der Waals surface area contributed by atoms with Gasteiger partial charge in [0.25, 0.3) is 0 Å². The van der Waals surface area contributed by atoms with Crippen LogP contribution >= 0.6 is 0 Å². The molecule has 1 saturated heterocycles. The minimum absolute atomic E-state index is 0.0908. The van der Waals surface area contributed by atoms with Gasteiger partial charge in [-0.25, -0.2) is 0 Å². The van der Waals surface area contributed by atoms with Crippen molar-refractivity contribution in [1.82, 2.24) is 4.90 Å². The highest BCUT2D eigenvalue weighted by molar-refractivity contribution is 5.85. The zero-order valence-corrected chi connectivity index (χ0v) is 12.0. The van der Waals surface area contributed by atoms with Crippen LogP contribution in [0.4, 0.5) is 0 Å². The largest absolute Gasteiger partial charge is 0.338 e. The second-order valence-corrected chi connectivity index (χ2v) is 5.59. The molecule has 0 aliphatic carbocycles. The molecule has 2 atom stereocenters. The third-order valence-electron chi connectivity index (χ3n) is 4.11. The second kappa shape index (κ2) is 6.10. The van der Waals surface area contributed by atoms with Crippen molar-refractivity contribution in [2.24, 2.45) is 5.73 Å². The Morgan fingerprint density at radius 1 is 1.00 bits per heavy atom. The van der Waals surface area contributed by atoms with Gasteiger partial charge in [0.1, 0.15) is 0 Å². The van der Waals surface area contributed by atoms with Crippen LogP contribution in [0.2, 0.25) is 0 Å². The smallest absolute Gasteiger partial charge is 0.231 e. The van der Waals surface area contributed by atoms with E-state index in [0.29, 0.717) is 6.54 Å². The predicted octanol–water partition coefficient (Wildman–Crippen LogP) is 2.53. The summed E-state index contributed by atoms with van der Waals surface area (Å²) in [6.45, 7) is 1.40. The SMILES string of the molecule is NC1CCN(Cc2ccccc2)C(=O)C1c1ccccc1. The van der Waals surface area contributed by atoms with E-state index < -0.39 is 0 Å². The maximum Gasteiger partial charge on any atom is 0.231 e. The first-order valence-electron chi connectivity index (χ1n) is 7.39. The summed E-state index contributed by atoms with van der Waals surface area (Å²) in [5.74, 6) is -0.0764. The lowest BCUT2D eigenvalue weighted by Gasteiger charge is -2.36. The van der Waals surface area contributed by atoms with Gasteiger partial charge in [-0.1, -0.05) is 60.7 Å². The van der Waals surface area contributed by atoms with E-state index in [1.807, 2.05) is 53.4 Å². The Kier molecular flexibility index (Phi) is 4.02. The number of nitrogens with zero attached hydrogens (tertiary/aromatic N) is 1. The van der Waals surface area contributed by atoms with Crippen molar-refractivity contribution in [1.29, 1.82) is 0 Å². The van der Waals surface area contributed by atoms with Crippen molar-refractivity contribution in [3.63, 3.8) is 0 Å². The van der Waals surface area contributed by atoms with Crippen molar-refractivity contribution in [3.05, 3.63) is 71.8 Å². The molecule has 0 spiro atoms. The number of hydrogen-bond acceptors (Lipinski definition) is 2. The Morgan fingerprint density at radius 3 is 2.29 bits per heavy atom. The normalized spacial score (nSPS) is 22.3. The third kappa shape index (κ3) is 2.98. The van der Waals surface area contributed by atoms with Crippen molar-refractivity contribution >= 4 is 5.91 Å². The summed E-state index contributed by atoms with van der Waals surface area (Å²) < 4.78 is 0. The number of likely N-dealkylation sites (tertiary alicyclic amines) is 1. The fourth-order valence-corrected chi connectivity index (χ4v) is 2.97. The van der Waals surface area contributed by atoms with Gasteiger partial charge in [-0.05, 0) is 17.5 Å². The summed E-state index contributed by atoms with van der Waals surface area (Å²) in [6.07, 6.45) is 0.845. The van der Waals surface area contributed by atoms with Crippen molar-refractivity contribution in [3.8, 4) is 0 Å². The molecule has 21 heavy (non-hydrogen) atoms. The van der Waals surface area contributed by atoms with Gasteiger partial charge in [-0.3, -0.25) is 4.79 Å². The monoisotopic (exact) mass is 280 g/mol. The highest BCUT2D eigenvalue weighted by Crippen LogP contribution is 2.28. The van der Waals surface area contributed by atoms with Gasteiger partial charge in [0, 0.05) is 19.1 Å². The lowest BCUT2D eigenvalue weighted by atomic mass is 9.85. The molecule has 3 rings (SSSR count). The summed E-state index contributed by atoms with van der Waals surface area (Å²) in [7, 11) is 0. The molecule has 0 bridgehead atoms. The van der Waals surface area contributed by atoms with Crippen LogP contribution < -0.4 is 5.73 Å². The number of nitrogens with two attached hydrogens (primary N) is 1. The minimum Gasteiger partial charge on any atom is -0.338 e. The number of carbonyl (C=O) groups is 1. The molecule has 0 aromatic heterocycles. The summed E-state index contributed by atoms with van der Waals surface area (Å²) in [4.78, 5) is 14.7. The van der Waals surface area contributed by atoms with Crippen LogP contribution in [0.25, 0.3) is 0 Å². The molecular weight excluding hydrogens is 260 g/mol. The number of amides is 1. The van der Waals surface area contributed by atoms with E-state index in [-0.39, 0.29) is 17.9 Å². The van der Waals surface area contributed by atoms with Gasteiger partial charge in [-0.15, -0.1) is 0 Å². The molecular formula is C18H20N2O. The molecule has 1 amide bonds. The van der Waals surface area contributed by atoms with E-state index in [1.165, 1.54) is 0 Å². The maximum absolute atomic E-state index is 12.8. The quantitative estimate of drug-likeness (QED) is 0.939. The van der Waals surface area contributed by atoms with Gasteiger partial charge in [0.05, 0.1) is 5.92 Å². The Hall–Kier alpha value is -2.13. The molecule has 0 saturated carbocycles. The highest BCUT2D eigenvalue weighted by atomic mass is 16.2. The van der Waals surface area contributed by atoms with E-state index >= 15 is 0 Å². The van der Waals surface area contributed by atoms with Crippen LogP contribution in [0, 0.1) is 0 Å². The van der Waals surface area contributed by atoms with E-state index in [9.17, 15) is 4.79 Å². The van der Waals surface area contributed by atoms with Gasteiger partial charge in [0.2, 0.25) is 5.91 Å². The fourth-order valence-electron chi connectivity index (χ4n) is 2.97. The topological polar surface area (TPSA) is 46.3 Å². The molecule has 2 unspecified atom stereocenters. The molecule has 3 heteroatoms. The average Bonchev–Trinajstić information content (AvgIpc) is 2.52. The van der Waals surface area contributed by atoms with Gasteiger partial charge < -0.3 is 10.6 Å². The first-order valence-corrected chi connectivity index (χ1v) is 7.39. The van der Waals surface area contributed by atoms with E-state index in [2.05, 4.69) is 12.1 Å². The zero-order valence-electron chi connectivity index (χ0n) is 12.0. The van der Waals surface area contributed by atoms with Crippen LogP contribution in [0.5, 0.6) is 0 Å². The number of hydrogen-bond donors (Lipinski definition) is 1. The molecule has 2 aromatic rings. The average molecular weight is 280 g/mol. The minimum atomic E-state index is -0.219. The van der Waals surface area contributed by atoms with Crippen LogP contribution in [0.1, 0.15) is 23.5 Å². The Labute approximate surface area is 125 Å². The third-order valence-corrected chi connectivity index (χ3v) is 4.11. The van der Waals surface area contributed by atoms with Crippen LogP contribution in [-0.2, 0) is 11.3 Å². The Bertz CT molecular complexity index is 597. The molecule has 108 valence electrons. The summed E-state index contributed by atoms with van der Waals surface area (Å²) in [5, 5.41) is 0. The molecule has 2 N–H and O–H groups in total. The lowest BCUT2D eigenvalue weighted by molar-refractivity contribution is -0.136. The van der Waals surface area contributed by atoms with Gasteiger partial charge >= 0.3 is 0 Å². The first-order chi connectivity index (χ1) is 10.3. The van der Waals surface area contributed by atoms with Crippen molar-refractivity contribution < 1.29 is 4.79 Å². The van der Waals surface area contributed by atoms with Crippen LogP contribution in [0.15, 0.2) is 60.7 Å². The van der Waals surface area contributed by atoms with E-state index in [4.69, 9.17) is 5.73 Å². The number of carbonyl (C=O) groups excluding carboxylic acids is 1. The zero-order chi connectivity index (χ0) is 14.7. The number of rotatable bonds is 3. The summed E-state index contributed by atoms with van der Waals surface area (Å²) in [6, 6.07) is 19.9. The summed E-state index contributed by atoms with van der Waals surface area (Å²) >= 11 is 0.